The molecule has 3 heteroatoms. The number of anilines is 1. The molecule has 0 aliphatic heterocycles. The standard InChI is InChI=1S/C20H17NO2/c1-4-16-5-7-17(8-6-16)9-14-20(23)18-10-12-19(13-11-18)21(3)15(2)22/h1,5-14H,2-3H3/b14-9+. The van der Waals surface area contributed by atoms with Gasteiger partial charge in [-0.2, -0.15) is 0 Å². The maximum absolute atomic E-state index is 12.2. The average Bonchev–Trinajstić information content (AvgIpc) is 2.59. The summed E-state index contributed by atoms with van der Waals surface area (Å²) in [6, 6.07) is 14.3. The van der Waals surface area contributed by atoms with Gasteiger partial charge < -0.3 is 4.90 Å². The number of allylic oxidation sites excluding steroid dienone is 1. The van der Waals surface area contributed by atoms with Gasteiger partial charge in [0.05, 0.1) is 0 Å². The summed E-state index contributed by atoms with van der Waals surface area (Å²) in [5, 5.41) is 0. The molecule has 0 saturated heterocycles. The number of terminal acetylenes is 1. The fourth-order valence-electron chi connectivity index (χ4n) is 1.99. The van der Waals surface area contributed by atoms with Gasteiger partial charge in [0.2, 0.25) is 5.91 Å². The molecule has 0 aromatic heterocycles. The van der Waals surface area contributed by atoms with E-state index in [-0.39, 0.29) is 11.7 Å². The Morgan fingerprint density at radius 3 is 2.17 bits per heavy atom. The van der Waals surface area contributed by atoms with Crippen LogP contribution in [0.5, 0.6) is 0 Å². The van der Waals surface area contributed by atoms with Gasteiger partial charge in [-0.25, -0.2) is 0 Å². The van der Waals surface area contributed by atoms with Crippen LogP contribution in [0, 0.1) is 12.3 Å². The number of amides is 1. The minimum Gasteiger partial charge on any atom is -0.316 e. The molecule has 0 unspecified atom stereocenters. The summed E-state index contributed by atoms with van der Waals surface area (Å²) in [5.74, 6) is 2.40. The number of ketones is 1. The summed E-state index contributed by atoms with van der Waals surface area (Å²) in [5.41, 5.74) is 3.04. The largest absolute Gasteiger partial charge is 0.316 e. The van der Waals surface area contributed by atoms with Gasteiger partial charge in [0, 0.05) is 30.8 Å². The smallest absolute Gasteiger partial charge is 0.223 e. The van der Waals surface area contributed by atoms with E-state index in [0.717, 1.165) is 16.8 Å². The van der Waals surface area contributed by atoms with Crippen LogP contribution in [0.3, 0.4) is 0 Å². The highest BCUT2D eigenvalue weighted by molar-refractivity contribution is 6.07. The maximum Gasteiger partial charge on any atom is 0.223 e. The summed E-state index contributed by atoms with van der Waals surface area (Å²) in [7, 11) is 1.69. The van der Waals surface area contributed by atoms with Crippen molar-refractivity contribution in [1.82, 2.24) is 0 Å². The molecule has 0 spiro atoms. The van der Waals surface area contributed by atoms with Crippen LogP contribution in [0.15, 0.2) is 54.6 Å². The minimum atomic E-state index is -0.0944. The lowest BCUT2D eigenvalue weighted by atomic mass is 10.1. The molecule has 0 fully saturated rings. The Morgan fingerprint density at radius 1 is 1.04 bits per heavy atom. The number of hydrogen-bond donors (Lipinski definition) is 0. The zero-order valence-corrected chi connectivity index (χ0v) is 13.1. The minimum absolute atomic E-state index is 0.0561. The summed E-state index contributed by atoms with van der Waals surface area (Å²) in [6.45, 7) is 1.49. The molecule has 114 valence electrons. The van der Waals surface area contributed by atoms with E-state index in [1.54, 1.807) is 37.4 Å². The lowest BCUT2D eigenvalue weighted by Crippen LogP contribution is -2.22. The van der Waals surface area contributed by atoms with Crippen LogP contribution in [0.1, 0.15) is 28.4 Å². The molecule has 0 aliphatic carbocycles. The quantitative estimate of drug-likeness (QED) is 0.492. The predicted octanol–water partition coefficient (Wildman–Crippen LogP) is 3.55. The topological polar surface area (TPSA) is 37.4 Å². The second-order valence-electron chi connectivity index (χ2n) is 5.09. The first-order chi connectivity index (χ1) is 11.0. The maximum atomic E-state index is 12.2. The van der Waals surface area contributed by atoms with E-state index in [4.69, 9.17) is 6.42 Å². The monoisotopic (exact) mass is 303 g/mol. The lowest BCUT2D eigenvalue weighted by molar-refractivity contribution is -0.116. The lowest BCUT2D eigenvalue weighted by Gasteiger charge is -2.14. The van der Waals surface area contributed by atoms with E-state index >= 15 is 0 Å². The fraction of sp³-hybridized carbons (Fsp3) is 0.100. The summed E-state index contributed by atoms with van der Waals surface area (Å²) in [4.78, 5) is 25.0. The summed E-state index contributed by atoms with van der Waals surface area (Å²) in [6.07, 6.45) is 8.57. The zero-order valence-electron chi connectivity index (χ0n) is 13.1. The highest BCUT2D eigenvalue weighted by Crippen LogP contribution is 2.15. The number of carbonyl (C=O) groups excluding carboxylic acids is 2. The van der Waals surface area contributed by atoms with Crippen molar-refractivity contribution in [2.45, 2.75) is 6.92 Å². The van der Waals surface area contributed by atoms with Gasteiger partial charge in [0.15, 0.2) is 5.78 Å². The van der Waals surface area contributed by atoms with Crippen LogP contribution >= 0.6 is 0 Å². The Labute approximate surface area is 136 Å². The van der Waals surface area contributed by atoms with Gasteiger partial charge in [-0.3, -0.25) is 9.59 Å². The van der Waals surface area contributed by atoms with Gasteiger partial charge in [0.1, 0.15) is 0 Å². The third-order valence-electron chi connectivity index (χ3n) is 3.52. The molecule has 0 saturated carbocycles. The van der Waals surface area contributed by atoms with Gasteiger partial charge >= 0.3 is 0 Å². The Hall–Kier alpha value is -3.12. The molecule has 2 aromatic rings. The van der Waals surface area contributed by atoms with Crippen molar-refractivity contribution in [2.24, 2.45) is 0 Å². The molecular formula is C20H17NO2. The third-order valence-corrected chi connectivity index (χ3v) is 3.52. The summed E-state index contributed by atoms with van der Waals surface area (Å²) >= 11 is 0. The molecule has 2 aromatic carbocycles. The molecule has 0 heterocycles. The number of hydrogen-bond acceptors (Lipinski definition) is 2. The van der Waals surface area contributed by atoms with E-state index < -0.39 is 0 Å². The molecular weight excluding hydrogens is 286 g/mol. The molecule has 0 aliphatic rings. The van der Waals surface area contributed by atoms with Crippen molar-refractivity contribution in [2.75, 3.05) is 11.9 Å². The number of rotatable bonds is 4. The van der Waals surface area contributed by atoms with Crippen molar-refractivity contribution in [3.8, 4) is 12.3 Å². The zero-order chi connectivity index (χ0) is 16.8. The second kappa shape index (κ2) is 7.24. The van der Waals surface area contributed by atoms with E-state index in [1.807, 2.05) is 24.3 Å². The highest BCUT2D eigenvalue weighted by Gasteiger charge is 2.07. The predicted molar refractivity (Wildman–Crippen MR) is 93.3 cm³/mol. The number of nitrogens with zero attached hydrogens (tertiary/aromatic N) is 1. The molecule has 3 nitrogen and oxygen atoms in total. The Balaban J connectivity index is 2.09. The molecule has 2 rings (SSSR count). The van der Waals surface area contributed by atoms with Crippen LogP contribution in [0.2, 0.25) is 0 Å². The van der Waals surface area contributed by atoms with Crippen molar-refractivity contribution < 1.29 is 9.59 Å². The second-order valence-corrected chi connectivity index (χ2v) is 5.09. The van der Waals surface area contributed by atoms with Crippen molar-refractivity contribution >= 4 is 23.5 Å². The molecule has 23 heavy (non-hydrogen) atoms. The average molecular weight is 303 g/mol. The Morgan fingerprint density at radius 2 is 1.65 bits per heavy atom. The van der Waals surface area contributed by atoms with Crippen molar-refractivity contribution in [1.29, 1.82) is 0 Å². The van der Waals surface area contributed by atoms with Crippen LogP contribution in [-0.4, -0.2) is 18.7 Å². The SMILES string of the molecule is C#Cc1ccc(/C=C/C(=O)c2ccc(N(C)C(C)=O)cc2)cc1. The van der Waals surface area contributed by atoms with Crippen molar-refractivity contribution in [3.63, 3.8) is 0 Å². The van der Waals surface area contributed by atoms with Gasteiger partial charge in [-0.1, -0.05) is 24.1 Å². The Kier molecular flexibility index (Phi) is 5.11. The van der Waals surface area contributed by atoms with Gasteiger partial charge in [0.25, 0.3) is 0 Å². The first-order valence-electron chi connectivity index (χ1n) is 7.14. The fourth-order valence-corrected chi connectivity index (χ4v) is 1.99. The molecule has 0 radical (unpaired) electrons. The van der Waals surface area contributed by atoms with Crippen LogP contribution in [0.25, 0.3) is 6.08 Å². The number of benzene rings is 2. The molecule has 0 atom stereocenters. The normalized spacial score (nSPS) is 10.3. The third kappa shape index (κ3) is 4.18. The summed E-state index contributed by atoms with van der Waals surface area (Å²) < 4.78 is 0. The first kappa shape index (κ1) is 16.3. The van der Waals surface area contributed by atoms with Crippen LogP contribution < -0.4 is 4.90 Å². The van der Waals surface area contributed by atoms with E-state index in [2.05, 4.69) is 5.92 Å². The number of carbonyl (C=O) groups is 2. The van der Waals surface area contributed by atoms with E-state index in [0.29, 0.717) is 5.56 Å². The molecule has 0 bridgehead atoms. The van der Waals surface area contributed by atoms with Crippen LogP contribution in [0.4, 0.5) is 5.69 Å². The van der Waals surface area contributed by atoms with Crippen LogP contribution in [-0.2, 0) is 4.79 Å². The van der Waals surface area contributed by atoms with Gasteiger partial charge in [-0.05, 0) is 48.0 Å². The van der Waals surface area contributed by atoms with E-state index in [1.165, 1.54) is 17.9 Å². The first-order valence-corrected chi connectivity index (χ1v) is 7.14. The molecule has 0 N–H and O–H groups in total. The Bertz CT molecular complexity index is 778. The van der Waals surface area contributed by atoms with Gasteiger partial charge in [-0.15, -0.1) is 6.42 Å². The van der Waals surface area contributed by atoms with Crippen molar-refractivity contribution in [3.05, 3.63) is 71.3 Å². The molecule has 1 amide bonds. The van der Waals surface area contributed by atoms with E-state index in [9.17, 15) is 9.59 Å². The highest BCUT2D eigenvalue weighted by atomic mass is 16.2.